The van der Waals surface area contributed by atoms with Crippen molar-refractivity contribution in [3.05, 3.63) is 131 Å². The number of carboxylic acids is 1. The number of hydrogen-bond donors (Lipinski definition) is 3. The summed E-state index contributed by atoms with van der Waals surface area (Å²) in [5.74, 6) is 0.197. The number of carboxylic acid groups (broad SMARTS) is 1. The van der Waals surface area contributed by atoms with Crippen LogP contribution in [0.4, 0.5) is 14.4 Å². The number of methoxy groups -OCH3 is 1. The predicted octanol–water partition coefficient (Wildman–Crippen LogP) is 11.5. The first-order valence-electron chi connectivity index (χ1n) is 25.2. The van der Waals surface area contributed by atoms with E-state index >= 15 is 0 Å². The van der Waals surface area contributed by atoms with E-state index in [0.29, 0.717) is 44.5 Å². The quantitative estimate of drug-likeness (QED) is 0.0278. The van der Waals surface area contributed by atoms with Crippen LogP contribution in [0.5, 0.6) is 11.5 Å². The van der Waals surface area contributed by atoms with Gasteiger partial charge < -0.3 is 44.2 Å². The Labute approximate surface area is 427 Å². The molecule has 72 heavy (non-hydrogen) atoms. The Bertz CT molecular complexity index is 2200. The molecule has 4 rings (SSSR count). The van der Waals surface area contributed by atoms with Gasteiger partial charge in [-0.15, -0.1) is 0 Å². The lowest BCUT2D eigenvalue weighted by molar-refractivity contribution is -0.146. The van der Waals surface area contributed by atoms with Gasteiger partial charge in [-0.2, -0.15) is 0 Å². The largest absolute Gasteiger partial charge is 0.490 e. The van der Waals surface area contributed by atoms with Gasteiger partial charge >= 0.3 is 30.2 Å². The Morgan fingerprint density at radius 1 is 0.611 bits per heavy atom. The molecule has 15 nitrogen and oxygen atoms in total. The number of carbonyl (C=O) groups excluding carboxylic acids is 4. The Hall–Kier alpha value is -6.77. The van der Waals surface area contributed by atoms with E-state index in [1.165, 1.54) is 12.0 Å². The molecule has 4 aromatic carbocycles. The van der Waals surface area contributed by atoms with Crippen LogP contribution in [0.1, 0.15) is 122 Å². The van der Waals surface area contributed by atoms with Crippen molar-refractivity contribution in [2.75, 3.05) is 26.7 Å². The highest BCUT2D eigenvalue weighted by Gasteiger charge is 2.34. The first-order chi connectivity index (χ1) is 34.5. The molecule has 394 valence electrons. The van der Waals surface area contributed by atoms with Crippen LogP contribution in [0.2, 0.25) is 0 Å². The van der Waals surface area contributed by atoms with Gasteiger partial charge in [0.25, 0.3) is 0 Å². The van der Waals surface area contributed by atoms with Gasteiger partial charge in [0.1, 0.15) is 42.5 Å². The van der Waals surface area contributed by atoms with Crippen LogP contribution in [0, 0.1) is 5.92 Å². The number of para-hydroxylation sites is 2. The summed E-state index contributed by atoms with van der Waals surface area (Å²) in [5, 5.41) is 15.3. The van der Waals surface area contributed by atoms with Crippen LogP contribution in [0.25, 0.3) is 0 Å². The maximum Gasteiger partial charge on any atom is 0.411 e. The zero-order valence-electron chi connectivity index (χ0n) is 43.7. The topological polar surface area (TPSA) is 188 Å². The van der Waals surface area contributed by atoms with Gasteiger partial charge in [0.2, 0.25) is 0 Å². The smallest absolute Gasteiger partial charge is 0.411 e. The highest BCUT2D eigenvalue weighted by Crippen LogP contribution is 2.25. The second-order valence-corrected chi connectivity index (χ2v) is 18.6. The molecule has 3 amide bonds. The number of nitrogens with one attached hydrogen (secondary N) is 2. The van der Waals surface area contributed by atoms with Crippen LogP contribution in [-0.2, 0) is 54.6 Å². The maximum atomic E-state index is 12.9. The summed E-state index contributed by atoms with van der Waals surface area (Å²) >= 11 is 0. The van der Waals surface area contributed by atoms with Crippen molar-refractivity contribution in [2.45, 2.75) is 150 Å². The van der Waals surface area contributed by atoms with E-state index in [9.17, 15) is 29.1 Å². The van der Waals surface area contributed by atoms with Crippen molar-refractivity contribution in [1.29, 1.82) is 0 Å². The molecule has 0 bridgehead atoms. The van der Waals surface area contributed by atoms with Crippen LogP contribution in [0.15, 0.2) is 109 Å². The summed E-state index contributed by atoms with van der Waals surface area (Å²) in [6.45, 7) is 14.5. The van der Waals surface area contributed by atoms with Crippen molar-refractivity contribution in [3.8, 4) is 11.5 Å². The number of alkyl carbamates (subject to hydrolysis) is 2. The summed E-state index contributed by atoms with van der Waals surface area (Å²) in [6, 6.07) is 33.6. The van der Waals surface area contributed by atoms with Crippen LogP contribution >= 0.6 is 0 Å². The number of aliphatic carboxylic acids is 1. The highest BCUT2D eigenvalue weighted by atomic mass is 16.6. The third kappa shape index (κ3) is 23.9. The number of aryl methyl sites for hydroxylation is 2. The van der Waals surface area contributed by atoms with E-state index in [-0.39, 0.29) is 37.7 Å². The number of carbonyl (C=O) groups is 5. The molecule has 0 unspecified atom stereocenters. The number of rotatable bonds is 28. The first-order valence-corrected chi connectivity index (χ1v) is 25.2. The minimum absolute atomic E-state index is 0.0127. The molecular formula is C57H79N3O12. The maximum absolute atomic E-state index is 12.9. The fourth-order valence-corrected chi connectivity index (χ4v) is 7.61. The molecule has 0 radical (unpaired) electrons. The van der Waals surface area contributed by atoms with Gasteiger partial charge in [0.05, 0.1) is 25.7 Å². The van der Waals surface area contributed by atoms with Gasteiger partial charge in [-0.25, -0.2) is 19.2 Å². The van der Waals surface area contributed by atoms with Crippen molar-refractivity contribution >= 4 is 30.2 Å². The zero-order valence-corrected chi connectivity index (χ0v) is 43.7. The fraction of sp³-hybridized carbons (Fsp3) is 0.491. The molecule has 0 spiro atoms. The Morgan fingerprint density at radius 2 is 1.07 bits per heavy atom. The lowest BCUT2D eigenvalue weighted by atomic mass is 9.96. The van der Waals surface area contributed by atoms with Crippen molar-refractivity contribution in [1.82, 2.24) is 15.5 Å². The highest BCUT2D eigenvalue weighted by molar-refractivity contribution is 5.80. The fourth-order valence-electron chi connectivity index (χ4n) is 7.61. The molecule has 0 fully saturated rings. The first kappa shape index (κ1) is 59.5. The SMILES string of the molecule is CCC[C@@H](C(=O)O)N(C[C@@H](C)Oc1ccccc1CCCNC(=O)OCc1ccccc1)C(=O)OC(C)(C)C.CCC[C@H](CC[C@@H](C)Oc1ccccc1CCCNC(=O)OCc1ccccc1)C(=O)OC. The second-order valence-electron chi connectivity index (χ2n) is 18.6. The van der Waals surface area contributed by atoms with Gasteiger partial charge in [0.15, 0.2) is 0 Å². The van der Waals surface area contributed by atoms with Crippen molar-refractivity contribution < 1.29 is 57.5 Å². The molecule has 0 aliphatic carbocycles. The molecule has 3 N–H and O–H groups in total. The Kier molecular flexibility index (Phi) is 27.3. The molecule has 0 aliphatic heterocycles. The third-order valence-electron chi connectivity index (χ3n) is 11.2. The number of hydrogen-bond acceptors (Lipinski definition) is 11. The van der Waals surface area contributed by atoms with E-state index in [0.717, 1.165) is 66.5 Å². The molecule has 0 heterocycles. The molecular weight excluding hydrogens is 919 g/mol. The number of nitrogens with zero attached hydrogens (tertiary/aromatic N) is 1. The molecule has 4 atom stereocenters. The third-order valence-corrected chi connectivity index (χ3v) is 11.2. The summed E-state index contributed by atoms with van der Waals surface area (Å²) < 4.78 is 33.3. The van der Waals surface area contributed by atoms with Gasteiger partial charge in [-0.3, -0.25) is 9.69 Å². The monoisotopic (exact) mass is 998 g/mol. The van der Waals surface area contributed by atoms with Crippen LogP contribution in [0.3, 0.4) is 0 Å². The zero-order chi connectivity index (χ0) is 52.7. The van der Waals surface area contributed by atoms with Crippen molar-refractivity contribution in [2.24, 2.45) is 5.92 Å². The Balaban J connectivity index is 0.000000386. The van der Waals surface area contributed by atoms with E-state index < -0.39 is 42.0 Å². The number of amides is 3. The van der Waals surface area contributed by atoms with Crippen LogP contribution in [-0.4, -0.2) is 90.8 Å². The molecule has 0 aliphatic rings. The van der Waals surface area contributed by atoms with Gasteiger partial charge in [-0.05, 0) is 120 Å². The number of benzene rings is 4. The minimum Gasteiger partial charge on any atom is -0.490 e. The number of ether oxygens (including phenoxy) is 6. The average Bonchev–Trinajstić information content (AvgIpc) is 3.36. The summed E-state index contributed by atoms with van der Waals surface area (Å²) in [4.78, 5) is 62.0. The van der Waals surface area contributed by atoms with E-state index in [1.54, 1.807) is 27.7 Å². The van der Waals surface area contributed by atoms with Crippen molar-refractivity contribution in [3.63, 3.8) is 0 Å². The lowest BCUT2D eigenvalue weighted by Gasteiger charge is -2.33. The van der Waals surface area contributed by atoms with Gasteiger partial charge in [0, 0.05) is 13.1 Å². The standard InChI is InChI=1S/C30H42N2O7.C27H37NO5/c1-6-13-25(27(33)34)32(29(36)39-30(3,4)5)20-22(2)38-26-18-11-10-16-24(26)17-12-19-31-28(35)37-21-23-14-8-7-9-15-23;1-4-11-24(26(29)31-3)18-17-21(2)33-25-16-9-8-14-23(25)15-10-19-28-27(30)32-20-22-12-6-5-7-13-22/h7-11,14-16,18,22,25H,6,12-13,17,19-21H2,1-5H3,(H,31,35)(H,33,34);5-9,12-14,16,21,24H,4,10-11,15,17-20H2,1-3H3,(H,28,30)/t22-,25+;21-,24-/m11/s1. The van der Waals surface area contributed by atoms with E-state index in [2.05, 4.69) is 17.6 Å². The second kappa shape index (κ2) is 33.0. The summed E-state index contributed by atoms with van der Waals surface area (Å²) in [5.41, 5.74) is 3.16. The summed E-state index contributed by atoms with van der Waals surface area (Å²) in [7, 11) is 1.44. The van der Waals surface area contributed by atoms with Gasteiger partial charge in [-0.1, -0.05) is 124 Å². The minimum atomic E-state index is -1.08. The Morgan fingerprint density at radius 3 is 1.51 bits per heavy atom. The predicted molar refractivity (Wildman–Crippen MR) is 278 cm³/mol. The van der Waals surface area contributed by atoms with E-state index in [1.807, 2.05) is 123 Å². The average molecular weight is 998 g/mol. The molecule has 0 aromatic heterocycles. The molecule has 4 aromatic rings. The normalized spacial score (nSPS) is 12.6. The molecule has 15 heteroatoms. The van der Waals surface area contributed by atoms with E-state index in [4.69, 9.17) is 28.4 Å². The summed E-state index contributed by atoms with van der Waals surface area (Å²) in [6.07, 6.45) is 5.00. The number of esters is 1. The van der Waals surface area contributed by atoms with Crippen LogP contribution < -0.4 is 20.1 Å². The molecule has 0 saturated heterocycles. The lowest BCUT2D eigenvalue weighted by Crippen LogP contribution is -2.50. The molecule has 0 saturated carbocycles.